The zero-order chi connectivity index (χ0) is 35.4. The van der Waals surface area contributed by atoms with E-state index in [0.717, 1.165) is 19.3 Å². The number of alkyl halides is 6. The number of unbranched alkanes of at least 4 members (excludes halogenated alkanes) is 2. The molecule has 0 aliphatic rings. The first-order valence-electron chi connectivity index (χ1n) is 15.4. The first kappa shape index (κ1) is 38.0. The van der Waals surface area contributed by atoms with Gasteiger partial charge in [0.05, 0.1) is 11.0 Å². The second-order valence-electron chi connectivity index (χ2n) is 13.5. The van der Waals surface area contributed by atoms with Gasteiger partial charge >= 0.3 is 18.5 Å². The molecule has 0 spiro atoms. The molecule has 0 aliphatic heterocycles. The highest BCUT2D eigenvalue weighted by Crippen LogP contribution is 2.39. The van der Waals surface area contributed by atoms with Crippen LogP contribution in [0.4, 0.5) is 26.3 Å². The van der Waals surface area contributed by atoms with Gasteiger partial charge in [-0.3, -0.25) is 4.79 Å². The lowest BCUT2D eigenvalue weighted by Crippen LogP contribution is -2.59. The Kier molecular flexibility index (Phi) is 11.6. The fraction of sp³-hybridized carbons (Fsp3) is 0.559. The largest absolute Gasteiger partial charge is 0.573 e. The lowest BCUT2D eigenvalue weighted by Gasteiger charge is -2.42. The molecule has 0 fully saturated rings. The van der Waals surface area contributed by atoms with Crippen LogP contribution in [0.2, 0.25) is 0 Å². The maximum absolute atomic E-state index is 13.9. The highest BCUT2D eigenvalue weighted by atomic mass is 19.4. The van der Waals surface area contributed by atoms with E-state index in [2.05, 4.69) is 4.74 Å². The van der Waals surface area contributed by atoms with Crippen molar-refractivity contribution in [2.24, 2.45) is 22.8 Å². The highest BCUT2D eigenvalue weighted by molar-refractivity contribution is 5.85. The smallest absolute Gasteiger partial charge is 0.493 e. The molecule has 13 heteroatoms. The van der Waals surface area contributed by atoms with E-state index >= 15 is 0 Å². The Bertz CT molecular complexity index is 1510. The summed E-state index contributed by atoms with van der Waals surface area (Å²) in [5.74, 6) is -3.41. The fourth-order valence-electron chi connectivity index (χ4n) is 5.14. The van der Waals surface area contributed by atoms with Gasteiger partial charge in [0.1, 0.15) is 42.0 Å². The van der Waals surface area contributed by atoms with E-state index < -0.39 is 59.9 Å². The minimum Gasteiger partial charge on any atom is -0.493 e. The summed E-state index contributed by atoms with van der Waals surface area (Å²) in [6.07, 6.45) is -6.22. The molecule has 3 rings (SSSR count). The Balaban J connectivity index is 1.77. The molecule has 2 unspecified atom stereocenters. The van der Waals surface area contributed by atoms with Crippen molar-refractivity contribution in [1.29, 1.82) is 0 Å². The van der Waals surface area contributed by atoms with Crippen molar-refractivity contribution in [3.8, 4) is 22.8 Å². The predicted molar refractivity (Wildman–Crippen MR) is 167 cm³/mol. The molecular weight excluding hydrogens is 630 g/mol. The summed E-state index contributed by atoms with van der Waals surface area (Å²) < 4.78 is 102. The standard InChI is InChI=1S/C34H44F6N2O5/c1-7-8-9-10-21-11-14-25(28(15-21)47-34(38,39)40)27-16-22-12-13-24(17-26(22)46-27)44-18-23(33(35,36)37)19-45-29(43)31(4,5)32(6,42)20-30(2,3)41/h11-17,23H,7-10,18-20,41-42H2,1-6H3. The zero-order valence-corrected chi connectivity index (χ0v) is 27.5. The van der Waals surface area contributed by atoms with E-state index in [1.807, 2.05) is 6.92 Å². The molecule has 0 aliphatic carbocycles. The molecule has 0 amide bonds. The minimum absolute atomic E-state index is 0.0112. The van der Waals surface area contributed by atoms with E-state index in [4.69, 9.17) is 25.4 Å². The Hall–Kier alpha value is -3.45. The number of benzene rings is 2. The van der Waals surface area contributed by atoms with Gasteiger partial charge in [-0.1, -0.05) is 25.8 Å². The lowest BCUT2D eigenvalue weighted by molar-refractivity contribution is -0.274. The summed E-state index contributed by atoms with van der Waals surface area (Å²) >= 11 is 0. The van der Waals surface area contributed by atoms with Crippen LogP contribution in [0, 0.1) is 11.3 Å². The van der Waals surface area contributed by atoms with Crippen molar-refractivity contribution in [2.75, 3.05) is 13.2 Å². The van der Waals surface area contributed by atoms with Gasteiger partial charge in [0.25, 0.3) is 0 Å². The van der Waals surface area contributed by atoms with Crippen LogP contribution in [0.25, 0.3) is 22.3 Å². The van der Waals surface area contributed by atoms with Crippen molar-refractivity contribution in [3.63, 3.8) is 0 Å². The van der Waals surface area contributed by atoms with Gasteiger partial charge in [-0.15, -0.1) is 13.2 Å². The number of rotatable bonds is 15. The maximum atomic E-state index is 13.9. The van der Waals surface area contributed by atoms with Crippen molar-refractivity contribution in [3.05, 3.63) is 48.0 Å². The summed E-state index contributed by atoms with van der Waals surface area (Å²) in [6, 6.07) is 10.3. The molecule has 7 nitrogen and oxygen atoms in total. The number of hydrogen-bond acceptors (Lipinski definition) is 7. The molecule has 262 valence electrons. The maximum Gasteiger partial charge on any atom is 0.573 e. The Morgan fingerprint density at radius 2 is 1.57 bits per heavy atom. The second-order valence-corrected chi connectivity index (χ2v) is 13.5. The topological polar surface area (TPSA) is 110 Å². The van der Waals surface area contributed by atoms with Crippen LogP contribution in [0.3, 0.4) is 0 Å². The van der Waals surface area contributed by atoms with Crippen LogP contribution in [-0.4, -0.2) is 42.8 Å². The molecule has 0 saturated carbocycles. The SMILES string of the molecule is CCCCCc1ccc(-c2cc3ccc(OCC(COC(=O)C(C)(C)C(C)(N)CC(C)(C)N)C(F)(F)F)cc3o2)c(OC(F)(F)F)c1. The average molecular weight is 675 g/mol. The van der Waals surface area contributed by atoms with Gasteiger partial charge in [0, 0.05) is 22.5 Å². The number of halogens is 6. The van der Waals surface area contributed by atoms with Crippen molar-refractivity contribution in [2.45, 2.75) is 97.3 Å². The number of hydrogen-bond donors (Lipinski definition) is 2. The van der Waals surface area contributed by atoms with E-state index in [1.165, 1.54) is 50.2 Å². The number of fused-ring (bicyclic) bond motifs is 1. The number of carbonyl (C=O) groups is 1. The Morgan fingerprint density at radius 3 is 2.17 bits per heavy atom. The third-order valence-electron chi connectivity index (χ3n) is 8.19. The van der Waals surface area contributed by atoms with Crippen molar-refractivity contribution < 1.29 is 49.8 Å². The summed E-state index contributed by atoms with van der Waals surface area (Å²) in [4.78, 5) is 12.9. The predicted octanol–water partition coefficient (Wildman–Crippen LogP) is 8.70. The van der Waals surface area contributed by atoms with Crippen LogP contribution in [0.15, 0.2) is 46.9 Å². The van der Waals surface area contributed by atoms with Crippen molar-refractivity contribution >= 4 is 16.9 Å². The molecule has 1 heterocycles. The molecule has 0 bridgehead atoms. The van der Waals surface area contributed by atoms with E-state index in [-0.39, 0.29) is 29.1 Å². The van der Waals surface area contributed by atoms with E-state index in [9.17, 15) is 31.1 Å². The van der Waals surface area contributed by atoms with Gasteiger partial charge in [0.15, 0.2) is 0 Å². The first-order chi connectivity index (χ1) is 21.5. The van der Waals surface area contributed by atoms with E-state index in [0.29, 0.717) is 17.4 Å². The number of carbonyl (C=O) groups excluding carboxylic acids is 1. The third kappa shape index (κ3) is 10.5. The number of furan rings is 1. The highest BCUT2D eigenvalue weighted by Gasteiger charge is 2.48. The minimum atomic E-state index is -4.94. The molecule has 3 aromatic rings. The van der Waals surface area contributed by atoms with Gasteiger partial charge in [-0.05, 0) is 89.8 Å². The normalized spacial score (nSPS) is 14.9. The number of ether oxygens (including phenoxy) is 3. The van der Waals surface area contributed by atoms with Crippen LogP contribution < -0.4 is 20.9 Å². The second kappa shape index (κ2) is 14.3. The Morgan fingerprint density at radius 1 is 0.894 bits per heavy atom. The van der Waals surface area contributed by atoms with Gasteiger partial charge in [0.2, 0.25) is 0 Å². The summed E-state index contributed by atoms with van der Waals surface area (Å²) in [6.45, 7) is 8.17. The molecule has 1 aromatic heterocycles. The molecule has 2 atom stereocenters. The molecule has 47 heavy (non-hydrogen) atoms. The zero-order valence-electron chi connectivity index (χ0n) is 27.5. The molecular formula is C34H44F6N2O5. The van der Waals surface area contributed by atoms with Gasteiger partial charge in [-0.2, -0.15) is 13.2 Å². The van der Waals surface area contributed by atoms with Crippen LogP contribution >= 0.6 is 0 Å². The lowest BCUT2D eigenvalue weighted by atomic mass is 9.68. The summed E-state index contributed by atoms with van der Waals surface area (Å²) in [5, 5.41) is 0.478. The van der Waals surface area contributed by atoms with Crippen LogP contribution in [0.5, 0.6) is 11.5 Å². The summed E-state index contributed by atoms with van der Waals surface area (Å²) in [5.41, 5.74) is 10.1. The molecule has 2 aromatic carbocycles. The third-order valence-corrected chi connectivity index (χ3v) is 8.19. The van der Waals surface area contributed by atoms with Crippen LogP contribution in [-0.2, 0) is 16.0 Å². The average Bonchev–Trinajstić information content (AvgIpc) is 3.33. The van der Waals surface area contributed by atoms with Crippen molar-refractivity contribution in [1.82, 2.24) is 0 Å². The number of nitrogens with two attached hydrogens (primary N) is 2. The van der Waals surface area contributed by atoms with Gasteiger partial charge in [-0.25, -0.2) is 0 Å². The van der Waals surface area contributed by atoms with Crippen LogP contribution in [0.1, 0.15) is 72.8 Å². The fourth-order valence-corrected chi connectivity index (χ4v) is 5.14. The monoisotopic (exact) mass is 674 g/mol. The molecule has 4 N–H and O–H groups in total. The Labute approximate surface area is 270 Å². The first-order valence-corrected chi connectivity index (χ1v) is 15.4. The number of aryl methyl sites for hydroxylation is 1. The number of esters is 1. The quantitative estimate of drug-likeness (QED) is 0.0943. The molecule has 0 saturated heterocycles. The van der Waals surface area contributed by atoms with E-state index in [1.54, 1.807) is 26.8 Å². The summed E-state index contributed by atoms with van der Waals surface area (Å²) in [7, 11) is 0. The van der Waals surface area contributed by atoms with Gasteiger partial charge < -0.3 is 30.1 Å². The molecule has 0 radical (unpaired) electrons.